The third-order valence-electron chi connectivity index (χ3n) is 5.25. The molecule has 1 saturated heterocycles. The smallest absolute Gasteiger partial charge is 0.337 e. The first-order valence-electron chi connectivity index (χ1n) is 10.9. The SMILES string of the molecule is COC(=O)c1ccc(/C=C2\SC(=S)N(CCCCCC(=O)Nc3cc([N+](=O)[O-])ccc3O)C2=O)cc1. The molecule has 0 aromatic heterocycles. The number of non-ortho nitro benzene ring substituents is 1. The molecule has 0 bridgehead atoms. The number of aromatic hydroxyl groups is 1. The Balaban J connectivity index is 1.45. The number of thiocarbonyl (C=S) groups is 1. The second-order valence-corrected chi connectivity index (χ2v) is 9.44. The van der Waals surface area contributed by atoms with Gasteiger partial charge in [-0.1, -0.05) is 42.5 Å². The zero-order chi connectivity index (χ0) is 26.2. The van der Waals surface area contributed by atoms with E-state index in [0.717, 1.165) is 23.8 Å². The topological polar surface area (TPSA) is 139 Å². The van der Waals surface area contributed by atoms with Gasteiger partial charge in [0.15, 0.2) is 0 Å². The number of anilines is 1. The van der Waals surface area contributed by atoms with Crippen molar-refractivity contribution < 1.29 is 29.2 Å². The predicted molar refractivity (Wildman–Crippen MR) is 140 cm³/mol. The lowest BCUT2D eigenvalue weighted by atomic mass is 10.1. The molecule has 0 atom stereocenters. The molecule has 2 aromatic rings. The second-order valence-electron chi connectivity index (χ2n) is 7.76. The van der Waals surface area contributed by atoms with E-state index >= 15 is 0 Å². The number of thioether (sulfide) groups is 1. The van der Waals surface area contributed by atoms with Crippen LogP contribution in [-0.4, -0.2) is 50.7 Å². The quantitative estimate of drug-likeness (QED) is 0.0867. The van der Waals surface area contributed by atoms with Gasteiger partial charge in [-0.3, -0.25) is 24.6 Å². The number of phenols is 1. The molecule has 188 valence electrons. The molecule has 10 nitrogen and oxygen atoms in total. The molecule has 1 heterocycles. The molecule has 1 aliphatic heterocycles. The van der Waals surface area contributed by atoms with E-state index < -0.39 is 10.9 Å². The normalized spacial score (nSPS) is 14.2. The summed E-state index contributed by atoms with van der Waals surface area (Å²) in [5.74, 6) is -1.26. The van der Waals surface area contributed by atoms with Crippen LogP contribution >= 0.6 is 24.0 Å². The number of benzene rings is 2. The maximum atomic E-state index is 12.8. The molecule has 2 N–H and O–H groups in total. The van der Waals surface area contributed by atoms with Gasteiger partial charge >= 0.3 is 5.97 Å². The van der Waals surface area contributed by atoms with Gasteiger partial charge in [-0.05, 0) is 42.7 Å². The van der Waals surface area contributed by atoms with E-state index in [1.54, 1.807) is 30.3 Å². The summed E-state index contributed by atoms with van der Waals surface area (Å²) in [5, 5.41) is 23.1. The van der Waals surface area contributed by atoms with Crippen LogP contribution in [0.5, 0.6) is 5.75 Å². The summed E-state index contributed by atoms with van der Waals surface area (Å²) >= 11 is 6.55. The number of carbonyl (C=O) groups excluding carboxylic acids is 3. The molecule has 1 aliphatic rings. The maximum absolute atomic E-state index is 12.8. The number of nitrogens with zero attached hydrogens (tertiary/aromatic N) is 2. The van der Waals surface area contributed by atoms with Crippen molar-refractivity contribution in [1.82, 2.24) is 4.90 Å². The number of carbonyl (C=O) groups is 3. The number of methoxy groups -OCH3 is 1. The molecule has 0 spiro atoms. The van der Waals surface area contributed by atoms with E-state index in [4.69, 9.17) is 12.2 Å². The van der Waals surface area contributed by atoms with Crippen LogP contribution in [0.4, 0.5) is 11.4 Å². The molecular formula is C24H23N3O7S2. The number of rotatable bonds is 10. The van der Waals surface area contributed by atoms with Crippen LogP contribution in [0.1, 0.15) is 41.6 Å². The minimum Gasteiger partial charge on any atom is -0.506 e. The van der Waals surface area contributed by atoms with Crippen LogP contribution in [0, 0.1) is 10.1 Å². The Bertz CT molecular complexity index is 1230. The van der Waals surface area contributed by atoms with Crippen molar-refractivity contribution in [1.29, 1.82) is 0 Å². The van der Waals surface area contributed by atoms with Crippen LogP contribution in [0.15, 0.2) is 47.4 Å². The molecule has 0 aliphatic carbocycles. The van der Waals surface area contributed by atoms with Crippen molar-refractivity contribution >= 4 is 63.5 Å². The fourth-order valence-electron chi connectivity index (χ4n) is 3.36. The van der Waals surface area contributed by atoms with Crippen molar-refractivity contribution in [3.8, 4) is 5.75 Å². The largest absolute Gasteiger partial charge is 0.506 e. The summed E-state index contributed by atoms with van der Waals surface area (Å²) in [7, 11) is 1.31. The van der Waals surface area contributed by atoms with Crippen LogP contribution in [0.25, 0.3) is 6.08 Å². The minimum atomic E-state index is -0.612. The summed E-state index contributed by atoms with van der Waals surface area (Å²) in [6.45, 7) is 0.413. The molecule has 36 heavy (non-hydrogen) atoms. The number of phenolic OH excluding ortho intramolecular Hbond substituents is 1. The Morgan fingerprint density at radius 3 is 2.58 bits per heavy atom. The third-order valence-corrected chi connectivity index (χ3v) is 6.63. The second kappa shape index (κ2) is 12.3. The average Bonchev–Trinajstić information content (AvgIpc) is 3.12. The highest BCUT2D eigenvalue weighted by molar-refractivity contribution is 8.26. The highest BCUT2D eigenvalue weighted by Crippen LogP contribution is 2.33. The molecule has 3 rings (SSSR count). The fraction of sp³-hybridized carbons (Fsp3) is 0.250. The van der Waals surface area contributed by atoms with Gasteiger partial charge < -0.3 is 15.2 Å². The van der Waals surface area contributed by atoms with E-state index in [-0.39, 0.29) is 35.4 Å². The molecule has 1 fully saturated rings. The fourth-order valence-corrected chi connectivity index (χ4v) is 4.67. The van der Waals surface area contributed by atoms with Crippen LogP contribution < -0.4 is 5.32 Å². The molecule has 2 aromatic carbocycles. The number of unbranched alkanes of at least 4 members (excludes halogenated alkanes) is 2. The minimum absolute atomic E-state index is 0.0153. The Hall–Kier alpha value is -3.77. The van der Waals surface area contributed by atoms with E-state index in [2.05, 4.69) is 10.1 Å². The molecular weight excluding hydrogens is 506 g/mol. The first-order chi connectivity index (χ1) is 17.2. The Kier molecular flexibility index (Phi) is 9.14. The van der Waals surface area contributed by atoms with Crippen molar-refractivity contribution in [3.05, 3.63) is 68.6 Å². The van der Waals surface area contributed by atoms with E-state index in [0.29, 0.717) is 40.6 Å². The Morgan fingerprint density at radius 2 is 1.92 bits per heavy atom. The van der Waals surface area contributed by atoms with Gasteiger partial charge in [-0.25, -0.2) is 4.79 Å². The van der Waals surface area contributed by atoms with Crippen LogP contribution in [-0.2, 0) is 14.3 Å². The van der Waals surface area contributed by atoms with Gasteiger partial charge in [0.25, 0.3) is 11.6 Å². The lowest BCUT2D eigenvalue weighted by molar-refractivity contribution is -0.384. The number of ether oxygens (including phenoxy) is 1. The molecule has 12 heteroatoms. The summed E-state index contributed by atoms with van der Waals surface area (Å²) in [6, 6.07) is 10.1. The predicted octanol–water partition coefficient (Wildman–Crippen LogP) is 4.49. The first kappa shape index (κ1) is 26.8. The van der Waals surface area contributed by atoms with Gasteiger partial charge in [0.05, 0.1) is 28.2 Å². The summed E-state index contributed by atoms with van der Waals surface area (Å²) in [4.78, 5) is 48.7. The van der Waals surface area contributed by atoms with Crippen molar-refractivity contribution in [2.24, 2.45) is 0 Å². The summed E-state index contributed by atoms with van der Waals surface area (Å²) in [6.07, 6.45) is 3.68. The van der Waals surface area contributed by atoms with E-state index in [1.165, 1.54) is 23.8 Å². The van der Waals surface area contributed by atoms with Crippen LogP contribution in [0.3, 0.4) is 0 Å². The highest BCUT2D eigenvalue weighted by atomic mass is 32.2. The molecule has 2 amide bonds. The highest BCUT2D eigenvalue weighted by Gasteiger charge is 2.31. The molecule has 0 saturated carbocycles. The van der Waals surface area contributed by atoms with Crippen LogP contribution in [0.2, 0.25) is 0 Å². The van der Waals surface area contributed by atoms with Crippen molar-refractivity contribution in [2.75, 3.05) is 19.0 Å². The number of nitro benzene ring substituents is 1. The Morgan fingerprint density at radius 1 is 1.19 bits per heavy atom. The number of nitro groups is 1. The van der Waals surface area contributed by atoms with E-state index in [1.807, 2.05) is 0 Å². The average molecular weight is 530 g/mol. The van der Waals surface area contributed by atoms with Crippen molar-refractivity contribution in [3.63, 3.8) is 0 Å². The Labute approximate surface area is 216 Å². The summed E-state index contributed by atoms with van der Waals surface area (Å²) in [5.41, 5.74) is 0.916. The van der Waals surface area contributed by atoms with Gasteiger partial charge in [-0.15, -0.1) is 0 Å². The lowest BCUT2D eigenvalue weighted by Crippen LogP contribution is -2.29. The van der Waals surface area contributed by atoms with Gasteiger partial charge in [0, 0.05) is 25.1 Å². The van der Waals surface area contributed by atoms with Gasteiger partial charge in [0.2, 0.25) is 5.91 Å². The van der Waals surface area contributed by atoms with Crippen molar-refractivity contribution in [2.45, 2.75) is 25.7 Å². The number of hydrogen-bond donors (Lipinski definition) is 2. The van der Waals surface area contributed by atoms with Gasteiger partial charge in [-0.2, -0.15) is 0 Å². The zero-order valence-electron chi connectivity index (χ0n) is 19.3. The van der Waals surface area contributed by atoms with Gasteiger partial charge in [0.1, 0.15) is 10.1 Å². The van der Waals surface area contributed by atoms with E-state index in [9.17, 15) is 29.6 Å². The number of amides is 2. The maximum Gasteiger partial charge on any atom is 0.337 e. The molecule has 0 radical (unpaired) electrons. The molecule has 0 unspecified atom stereocenters. The monoisotopic (exact) mass is 529 g/mol. The lowest BCUT2D eigenvalue weighted by Gasteiger charge is -2.14. The first-order valence-corrected chi connectivity index (χ1v) is 12.1. The number of esters is 1. The number of nitrogens with one attached hydrogen (secondary N) is 1. The standard InChI is InChI=1S/C24H23N3O7S2/c1-34-23(31)16-8-6-15(7-9-16)13-20-22(30)26(24(35)36-20)12-4-2-3-5-21(29)25-18-14-17(27(32)33)10-11-19(18)28/h6-11,13-14,28H,2-5,12H2,1H3,(H,25,29)/b20-13-. The number of hydrogen-bond acceptors (Lipinski definition) is 9. The third kappa shape index (κ3) is 6.89. The summed E-state index contributed by atoms with van der Waals surface area (Å²) < 4.78 is 5.13. The zero-order valence-corrected chi connectivity index (χ0v) is 20.9.